The lowest BCUT2D eigenvalue weighted by molar-refractivity contribution is 0.591. The third-order valence-electron chi connectivity index (χ3n) is 3.33. The van der Waals surface area contributed by atoms with Gasteiger partial charge in [-0.1, -0.05) is 18.2 Å². The van der Waals surface area contributed by atoms with Gasteiger partial charge >= 0.3 is 0 Å². The largest absolute Gasteiger partial charge is 0.399 e. The second kappa shape index (κ2) is 5.37. The fraction of sp³-hybridized carbons (Fsp3) is 0.200. The topological polar surface area (TPSA) is 72.2 Å². The highest BCUT2D eigenvalue weighted by atomic mass is 32.2. The summed E-state index contributed by atoms with van der Waals surface area (Å²) in [6.07, 6.45) is 0. The molecule has 0 saturated heterocycles. The zero-order valence-corrected chi connectivity index (χ0v) is 12.9. The van der Waals surface area contributed by atoms with Crippen molar-refractivity contribution in [1.82, 2.24) is 0 Å². The van der Waals surface area contributed by atoms with Crippen LogP contribution in [0.25, 0.3) is 0 Å². The molecule has 0 unspecified atom stereocenters. The minimum atomic E-state index is -3.90. The quantitative estimate of drug-likeness (QED) is 0.856. The minimum absolute atomic E-state index is 0.0444. The fourth-order valence-electron chi connectivity index (χ4n) is 2.12. The number of nitrogens with one attached hydrogen (secondary N) is 1. The minimum Gasteiger partial charge on any atom is -0.399 e. The molecule has 2 aromatic carbocycles. The number of aryl methyl sites for hydroxylation is 2. The highest BCUT2D eigenvalue weighted by molar-refractivity contribution is 7.92. The summed E-state index contributed by atoms with van der Waals surface area (Å²) in [5, 5.41) is 0. The summed E-state index contributed by atoms with van der Waals surface area (Å²) in [5.74, 6) is -0.642. The summed E-state index contributed by atoms with van der Waals surface area (Å²) in [7, 11) is -3.90. The molecule has 0 bridgehead atoms. The van der Waals surface area contributed by atoms with Crippen molar-refractivity contribution in [2.45, 2.75) is 25.7 Å². The van der Waals surface area contributed by atoms with Gasteiger partial charge in [0, 0.05) is 11.3 Å². The van der Waals surface area contributed by atoms with Gasteiger partial charge < -0.3 is 5.73 Å². The number of halogens is 1. The highest BCUT2D eigenvalue weighted by Gasteiger charge is 2.21. The zero-order valence-electron chi connectivity index (χ0n) is 12.1. The maximum absolute atomic E-state index is 13.7. The molecule has 0 saturated carbocycles. The van der Waals surface area contributed by atoms with Crippen LogP contribution in [0.4, 0.5) is 15.8 Å². The highest BCUT2D eigenvalue weighted by Crippen LogP contribution is 2.27. The first kappa shape index (κ1) is 15.3. The van der Waals surface area contributed by atoms with Crippen LogP contribution in [0.3, 0.4) is 0 Å². The maximum atomic E-state index is 13.7. The first-order chi connectivity index (χ1) is 9.72. The lowest BCUT2D eigenvalue weighted by atomic mass is 10.1. The summed E-state index contributed by atoms with van der Waals surface area (Å²) in [5.41, 5.74) is 7.74. The molecule has 0 spiro atoms. The summed E-state index contributed by atoms with van der Waals surface area (Å²) in [4.78, 5) is -0.150. The average Bonchev–Trinajstić information content (AvgIpc) is 2.38. The molecule has 112 valence electrons. The normalized spacial score (nSPS) is 11.4. The van der Waals surface area contributed by atoms with Crippen molar-refractivity contribution in [2.24, 2.45) is 0 Å². The van der Waals surface area contributed by atoms with E-state index < -0.39 is 15.8 Å². The molecule has 0 aliphatic carbocycles. The van der Waals surface area contributed by atoms with Crippen LogP contribution in [0.1, 0.15) is 16.7 Å². The van der Waals surface area contributed by atoms with Crippen LogP contribution in [0.2, 0.25) is 0 Å². The molecular formula is C15H17FN2O2S. The van der Waals surface area contributed by atoms with Gasteiger partial charge in [-0.2, -0.15) is 0 Å². The van der Waals surface area contributed by atoms with E-state index in [1.807, 2.05) is 6.07 Å². The molecule has 3 N–H and O–H groups in total. The number of nitrogen functional groups attached to an aromatic ring is 1. The van der Waals surface area contributed by atoms with E-state index >= 15 is 0 Å². The molecule has 2 aromatic rings. The third-order valence-corrected chi connectivity index (χ3v) is 4.80. The van der Waals surface area contributed by atoms with Crippen LogP contribution in [-0.2, 0) is 10.0 Å². The Bertz CT molecular complexity index is 781. The summed E-state index contributed by atoms with van der Waals surface area (Å²) in [6, 6.07) is 7.81. The SMILES string of the molecule is Cc1cccc(C)c1NS(=O)(=O)c1cc(N)cc(F)c1C. The number of para-hydroxylation sites is 1. The van der Waals surface area contributed by atoms with E-state index in [-0.39, 0.29) is 16.1 Å². The van der Waals surface area contributed by atoms with Crippen molar-refractivity contribution in [1.29, 1.82) is 0 Å². The van der Waals surface area contributed by atoms with Gasteiger partial charge in [0.2, 0.25) is 0 Å². The number of hydrogen-bond donors (Lipinski definition) is 2. The molecule has 0 aliphatic heterocycles. The van der Waals surface area contributed by atoms with Crippen molar-refractivity contribution < 1.29 is 12.8 Å². The molecule has 4 nitrogen and oxygen atoms in total. The third kappa shape index (κ3) is 3.00. The van der Waals surface area contributed by atoms with Crippen molar-refractivity contribution in [3.63, 3.8) is 0 Å². The molecule has 0 aliphatic rings. The Balaban J connectivity index is 2.54. The van der Waals surface area contributed by atoms with Crippen molar-refractivity contribution >= 4 is 21.4 Å². The standard InChI is InChI=1S/C15H17FN2O2S/c1-9-5-4-6-10(2)15(9)18-21(19,20)14-8-12(17)7-13(16)11(14)3/h4-8,18H,17H2,1-3H3. The molecule has 0 atom stereocenters. The maximum Gasteiger partial charge on any atom is 0.262 e. The van der Waals surface area contributed by atoms with Gasteiger partial charge in [-0.3, -0.25) is 4.72 Å². The Labute approximate surface area is 123 Å². The molecule has 6 heteroatoms. The van der Waals surface area contributed by atoms with Gasteiger partial charge in [-0.15, -0.1) is 0 Å². The Morgan fingerprint density at radius 1 is 1.10 bits per heavy atom. The van der Waals surface area contributed by atoms with Gasteiger partial charge in [0.15, 0.2) is 0 Å². The Morgan fingerprint density at radius 2 is 1.67 bits per heavy atom. The van der Waals surface area contributed by atoms with E-state index in [1.54, 1.807) is 26.0 Å². The molecule has 21 heavy (non-hydrogen) atoms. The second-order valence-corrected chi connectivity index (χ2v) is 6.65. The van der Waals surface area contributed by atoms with Crippen molar-refractivity contribution in [3.05, 3.63) is 52.8 Å². The van der Waals surface area contributed by atoms with Gasteiger partial charge in [-0.05, 0) is 44.0 Å². The van der Waals surface area contributed by atoms with Gasteiger partial charge in [0.1, 0.15) is 5.82 Å². The lowest BCUT2D eigenvalue weighted by Gasteiger charge is -2.15. The summed E-state index contributed by atoms with van der Waals surface area (Å²) < 4.78 is 41.2. The fourth-order valence-corrected chi connectivity index (χ4v) is 3.61. The predicted octanol–water partition coefficient (Wildman–Crippen LogP) is 3.13. The van der Waals surface area contributed by atoms with E-state index in [4.69, 9.17) is 5.73 Å². The monoisotopic (exact) mass is 308 g/mol. The molecule has 0 fully saturated rings. The molecule has 0 radical (unpaired) electrons. The van der Waals surface area contributed by atoms with Crippen molar-refractivity contribution in [2.75, 3.05) is 10.5 Å². The van der Waals surface area contributed by atoms with Gasteiger partial charge in [0.05, 0.1) is 10.6 Å². The van der Waals surface area contributed by atoms with E-state index in [1.165, 1.54) is 13.0 Å². The lowest BCUT2D eigenvalue weighted by Crippen LogP contribution is -2.16. The van der Waals surface area contributed by atoms with Gasteiger partial charge in [-0.25, -0.2) is 12.8 Å². The number of benzene rings is 2. The van der Waals surface area contributed by atoms with E-state index in [0.717, 1.165) is 17.2 Å². The first-order valence-corrected chi connectivity index (χ1v) is 7.85. The average molecular weight is 308 g/mol. The zero-order chi connectivity index (χ0) is 15.8. The van der Waals surface area contributed by atoms with Crippen LogP contribution >= 0.6 is 0 Å². The Hall–Kier alpha value is -2.08. The van der Waals surface area contributed by atoms with Crippen LogP contribution in [0, 0.1) is 26.6 Å². The van der Waals surface area contributed by atoms with Crippen molar-refractivity contribution in [3.8, 4) is 0 Å². The first-order valence-electron chi connectivity index (χ1n) is 6.37. The number of anilines is 2. The van der Waals surface area contributed by atoms with Crippen LogP contribution in [0.5, 0.6) is 0 Å². The van der Waals surface area contributed by atoms with E-state index in [9.17, 15) is 12.8 Å². The van der Waals surface area contributed by atoms with Crippen LogP contribution in [0.15, 0.2) is 35.2 Å². The Morgan fingerprint density at radius 3 is 2.24 bits per heavy atom. The Kier molecular flexibility index (Phi) is 3.91. The van der Waals surface area contributed by atoms with E-state index in [2.05, 4.69) is 4.72 Å². The summed E-state index contributed by atoms with van der Waals surface area (Å²) >= 11 is 0. The van der Waals surface area contributed by atoms with Crippen LogP contribution < -0.4 is 10.5 Å². The second-order valence-electron chi connectivity index (χ2n) is 5.00. The smallest absolute Gasteiger partial charge is 0.262 e. The molecule has 0 aromatic heterocycles. The summed E-state index contributed by atoms with van der Waals surface area (Å²) in [6.45, 7) is 5.02. The molecule has 0 heterocycles. The number of hydrogen-bond acceptors (Lipinski definition) is 3. The van der Waals surface area contributed by atoms with E-state index in [0.29, 0.717) is 5.69 Å². The number of rotatable bonds is 3. The predicted molar refractivity (Wildman–Crippen MR) is 82.3 cm³/mol. The number of sulfonamides is 1. The van der Waals surface area contributed by atoms with Gasteiger partial charge in [0.25, 0.3) is 10.0 Å². The molecule has 2 rings (SSSR count). The van der Waals surface area contributed by atoms with Crippen LogP contribution in [-0.4, -0.2) is 8.42 Å². The molecular weight excluding hydrogens is 291 g/mol. The number of nitrogens with two attached hydrogens (primary N) is 1. The molecule has 0 amide bonds.